The number of nitrogens with two attached hydrogens (primary N) is 1. The van der Waals surface area contributed by atoms with Crippen LogP contribution in [0.4, 0.5) is 0 Å². The number of rotatable bonds is 8. The van der Waals surface area contributed by atoms with Gasteiger partial charge in [-0.3, -0.25) is 0 Å². The van der Waals surface area contributed by atoms with E-state index >= 15 is 0 Å². The van der Waals surface area contributed by atoms with Crippen molar-refractivity contribution in [2.24, 2.45) is 11.7 Å². The second kappa shape index (κ2) is 7.13. The predicted molar refractivity (Wildman–Crippen MR) is 77.6 cm³/mol. The largest absolute Gasteiger partial charge is 0.467 e. The summed E-state index contributed by atoms with van der Waals surface area (Å²) >= 11 is 6.03. The molecule has 106 valence electrons. The van der Waals surface area contributed by atoms with E-state index in [4.69, 9.17) is 26.8 Å². The zero-order chi connectivity index (χ0) is 13.7. The van der Waals surface area contributed by atoms with Gasteiger partial charge in [0, 0.05) is 11.1 Å². The molecular weight excluding hydrogens is 262 g/mol. The lowest BCUT2D eigenvalue weighted by atomic mass is 10.0. The van der Waals surface area contributed by atoms with Crippen molar-refractivity contribution in [2.45, 2.75) is 38.6 Å². The highest BCUT2D eigenvalue weighted by Crippen LogP contribution is 2.29. The van der Waals surface area contributed by atoms with Crippen molar-refractivity contribution in [1.29, 1.82) is 0 Å². The summed E-state index contributed by atoms with van der Waals surface area (Å²) in [6.07, 6.45) is 4.29. The lowest BCUT2D eigenvalue weighted by Gasteiger charge is -2.15. The second-order valence-electron chi connectivity index (χ2n) is 5.20. The van der Waals surface area contributed by atoms with Gasteiger partial charge in [-0.15, -0.1) is 0 Å². The SMILES string of the molecule is CCC(N)Cc1cc(Cl)ccc1OCOCC1CC1. The van der Waals surface area contributed by atoms with Crippen molar-refractivity contribution < 1.29 is 9.47 Å². The van der Waals surface area contributed by atoms with Crippen molar-refractivity contribution in [3.63, 3.8) is 0 Å². The van der Waals surface area contributed by atoms with Crippen molar-refractivity contribution in [3.8, 4) is 5.75 Å². The van der Waals surface area contributed by atoms with Crippen LogP contribution in [0.3, 0.4) is 0 Å². The van der Waals surface area contributed by atoms with Gasteiger partial charge in [0.25, 0.3) is 0 Å². The molecule has 3 nitrogen and oxygen atoms in total. The van der Waals surface area contributed by atoms with E-state index in [1.54, 1.807) is 0 Å². The van der Waals surface area contributed by atoms with Crippen LogP contribution in [0.5, 0.6) is 5.75 Å². The summed E-state index contributed by atoms with van der Waals surface area (Å²) in [5, 5.41) is 0.713. The summed E-state index contributed by atoms with van der Waals surface area (Å²) in [7, 11) is 0. The van der Waals surface area contributed by atoms with Crippen LogP contribution in [0.15, 0.2) is 18.2 Å². The first kappa shape index (κ1) is 14.6. The molecule has 1 aliphatic rings. The van der Waals surface area contributed by atoms with Gasteiger partial charge in [-0.25, -0.2) is 0 Å². The Morgan fingerprint density at radius 1 is 1.42 bits per heavy atom. The van der Waals surface area contributed by atoms with E-state index < -0.39 is 0 Å². The Hall–Kier alpha value is -0.770. The van der Waals surface area contributed by atoms with E-state index in [-0.39, 0.29) is 6.04 Å². The van der Waals surface area contributed by atoms with E-state index in [1.807, 2.05) is 18.2 Å². The van der Waals surface area contributed by atoms with Crippen LogP contribution in [0, 0.1) is 5.92 Å². The maximum atomic E-state index is 6.03. The van der Waals surface area contributed by atoms with E-state index in [9.17, 15) is 0 Å². The molecule has 0 bridgehead atoms. The number of halogens is 1. The van der Waals surface area contributed by atoms with Crippen LogP contribution in [0.1, 0.15) is 31.7 Å². The van der Waals surface area contributed by atoms with Crippen LogP contribution < -0.4 is 10.5 Å². The predicted octanol–water partition coefficient (Wildman–Crippen LogP) is 3.38. The zero-order valence-corrected chi connectivity index (χ0v) is 12.2. The third kappa shape index (κ3) is 5.01. The quantitative estimate of drug-likeness (QED) is 0.587. The Bertz CT molecular complexity index is 407. The molecule has 0 amide bonds. The van der Waals surface area contributed by atoms with Gasteiger partial charge in [0.05, 0.1) is 6.61 Å². The molecule has 0 aliphatic heterocycles. The number of benzene rings is 1. The van der Waals surface area contributed by atoms with Gasteiger partial charge in [-0.1, -0.05) is 18.5 Å². The molecule has 1 aromatic rings. The smallest absolute Gasteiger partial charge is 0.189 e. The van der Waals surface area contributed by atoms with Crippen molar-refractivity contribution in [1.82, 2.24) is 0 Å². The van der Waals surface area contributed by atoms with Gasteiger partial charge in [-0.05, 0) is 55.4 Å². The van der Waals surface area contributed by atoms with Crippen LogP contribution in [-0.2, 0) is 11.2 Å². The summed E-state index contributed by atoms with van der Waals surface area (Å²) in [6, 6.07) is 5.78. The van der Waals surface area contributed by atoms with E-state index in [0.29, 0.717) is 11.8 Å². The summed E-state index contributed by atoms with van der Waals surface area (Å²) in [5.74, 6) is 1.57. The van der Waals surface area contributed by atoms with E-state index in [0.717, 1.165) is 36.7 Å². The molecule has 1 atom stereocenters. The molecule has 19 heavy (non-hydrogen) atoms. The molecular formula is C15H22ClNO2. The number of hydrogen-bond donors (Lipinski definition) is 1. The van der Waals surface area contributed by atoms with Gasteiger partial charge in [-0.2, -0.15) is 0 Å². The molecule has 0 spiro atoms. The number of ether oxygens (including phenoxy) is 2. The maximum Gasteiger partial charge on any atom is 0.189 e. The summed E-state index contributed by atoms with van der Waals surface area (Å²) in [5.41, 5.74) is 7.05. The Balaban J connectivity index is 1.88. The lowest BCUT2D eigenvalue weighted by molar-refractivity contribution is 0.00943. The molecule has 2 N–H and O–H groups in total. The highest BCUT2D eigenvalue weighted by Gasteiger charge is 2.21. The van der Waals surface area contributed by atoms with Crippen molar-refractivity contribution in [2.75, 3.05) is 13.4 Å². The highest BCUT2D eigenvalue weighted by molar-refractivity contribution is 6.30. The Kier molecular flexibility index (Phi) is 5.49. The number of hydrogen-bond acceptors (Lipinski definition) is 3. The molecule has 1 fully saturated rings. The minimum absolute atomic E-state index is 0.133. The second-order valence-corrected chi connectivity index (χ2v) is 5.64. The average molecular weight is 284 g/mol. The summed E-state index contributed by atoms with van der Waals surface area (Å²) in [4.78, 5) is 0. The fourth-order valence-electron chi connectivity index (χ4n) is 1.88. The van der Waals surface area contributed by atoms with Crippen LogP contribution in [0.2, 0.25) is 5.02 Å². The molecule has 2 rings (SSSR count). The summed E-state index contributed by atoms with van der Waals surface area (Å²) in [6.45, 7) is 3.18. The Morgan fingerprint density at radius 3 is 2.89 bits per heavy atom. The first-order valence-corrected chi connectivity index (χ1v) is 7.31. The van der Waals surface area contributed by atoms with Crippen LogP contribution >= 0.6 is 11.6 Å². The first-order chi connectivity index (χ1) is 9.19. The zero-order valence-electron chi connectivity index (χ0n) is 11.4. The Morgan fingerprint density at radius 2 is 2.21 bits per heavy atom. The molecule has 0 radical (unpaired) electrons. The third-order valence-electron chi connectivity index (χ3n) is 3.38. The molecule has 1 aliphatic carbocycles. The molecule has 0 heterocycles. The molecule has 0 aromatic heterocycles. The molecule has 1 unspecified atom stereocenters. The molecule has 1 saturated carbocycles. The van der Waals surface area contributed by atoms with Crippen molar-refractivity contribution in [3.05, 3.63) is 28.8 Å². The molecule has 4 heteroatoms. The van der Waals surface area contributed by atoms with Crippen LogP contribution in [-0.4, -0.2) is 19.4 Å². The Labute approximate surface area is 120 Å². The van der Waals surface area contributed by atoms with Gasteiger partial charge in [0.15, 0.2) is 6.79 Å². The average Bonchev–Trinajstić information content (AvgIpc) is 3.20. The minimum atomic E-state index is 0.133. The standard InChI is InChI=1S/C15H22ClNO2/c1-2-14(17)8-12-7-13(16)5-6-15(12)19-10-18-9-11-3-4-11/h5-7,11,14H,2-4,8-10,17H2,1H3. The van der Waals surface area contributed by atoms with Crippen molar-refractivity contribution >= 4 is 11.6 Å². The van der Waals surface area contributed by atoms with E-state index in [2.05, 4.69) is 6.92 Å². The van der Waals surface area contributed by atoms with Gasteiger partial charge in [0.2, 0.25) is 0 Å². The monoisotopic (exact) mass is 283 g/mol. The maximum absolute atomic E-state index is 6.03. The first-order valence-electron chi connectivity index (χ1n) is 6.93. The van der Waals surface area contributed by atoms with E-state index in [1.165, 1.54) is 12.8 Å². The molecule has 1 aromatic carbocycles. The van der Waals surface area contributed by atoms with Crippen LogP contribution in [0.25, 0.3) is 0 Å². The topological polar surface area (TPSA) is 44.5 Å². The van der Waals surface area contributed by atoms with Gasteiger partial charge < -0.3 is 15.2 Å². The minimum Gasteiger partial charge on any atom is -0.467 e. The highest BCUT2D eigenvalue weighted by atomic mass is 35.5. The fourth-order valence-corrected chi connectivity index (χ4v) is 2.07. The normalized spacial score (nSPS) is 16.4. The van der Waals surface area contributed by atoms with Gasteiger partial charge in [0.1, 0.15) is 5.75 Å². The van der Waals surface area contributed by atoms with Gasteiger partial charge >= 0.3 is 0 Å². The summed E-state index contributed by atoms with van der Waals surface area (Å²) < 4.78 is 11.2. The molecule has 0 saturated heterocycles. The fraction of sp³-hybridized carbons (Fsp3) is 0.600. The third-order valence-corrected chi connectivity index (χ3v) is 3.61. The lowest BCUT2D eigenvalue weighted by Crippen LogP contribution is -2.22.